The molecule has 20 heavy (non-hydrogen) atoms. The Kier molecular flexibility index (Phi) is 4.70. The van der Waals surface area contributed by atoms with Gasteiger partial charge in [0.15, 0.2) is 13.2 Å². The van der Waals surface area contributed by atoms with E-state index in [4.69, 9.17) is 5.26 Å². The van der Waals surface area contributed by atoms with Gasteiger partial charge in [0.25, 0.3) is 0 Å². The first-order valence-electron chi connectivity index (χ1n) is 4.96. The van der Waals surface area contributed by atoms with Crippen LogP contribution in [0.1, 0.15) is 5.56 Å². The molecular weight excluding hydrogens is 292 g/mol. The van der Waals surface area contributed by atoms with Crippen LogP contribution in [-0.2, 0) is 0 Å². The number of halogens is 6. The topological polar surface area (TPSA) is 42.2 Å². The van der Waals surface area contributed by atoms with Gasteiger partial charge in [-0.1, -0.05) is 0 Å². The third kappa shape index (κ3) is 5.26. The average molecular weight is 298 g/mol. The van der Waals surface area contributed by atoms with Crippen molar-refractivity contribution in [3.63, 3.8) is 0 Å². The Morgan fingerprint density at radius 2 is 1.60 bits per heavy atom. The van der Waals surface area contributed by atoms with Crippen molar-refractivity contribution >= 4 is 0 Å². The molecule has 3 nitrogen and oxygen atoms in total. The molecular formula is C11H6F6NO2. The van der Waals surface area contributed by atoms with E-state index in [1.807, 2.05) is 0 Å². The molecule has 1 aromatic carbocycles. The number of nitrogens with zero attached hydrogens (tertiary/aromatic N) is 1. The minimum absolute atomic E-state index is 0.527. The fourth-order valence-corrected chi connectivity index (χ4v) is 1.11. The maximum atomic E-state index is 12.0. The third-order valence-electron chi connectivity index (χ3n) is 1.81. The fraction of sp³-hybridized carbons (Fsp3) is 0.364. The van der Waals surface area contributed by atoms with Crippen LogP contribution in [0.3, 0.4) is 0 Å². The van der Waals surface area contributed by atoms with E-state index in [1.165, 1.54) is 6.07 Å². The van der Waals surface area contributed by atoms with Crippen LogP contribution in [-0.4, -0.2) is 25.6 Å². The molecule has 0 saturated carbocycles. The lowest BCUT2D eigenvalue weighted by atomic mass is 10.2. The summed E-state index contributed by atoms with van der Waals surface area (Å²) in [4.78, 5) is 0. The Morgan fingerprint density at radius 1 is 1.05 bits per heavy atom. The van der Waals surface area contributed by atoms with Gasteiger partial charge in [0, 0.05) is 6.07 Å². The number of hydrogen-bond acceptors (Lipinski definition) is 3. The van der Waals surface area contributed by atoms with Crippen molar-refractivity contribution in [1.82, 2.24) is 0 Å². The molecule has 0 heterocycles. The van der Waals surface area contributed by atoms with E-state index in [-0.39, 0.29) is 0 Å². The SMILES string of the molecule is N#Cc1c(OCC(F)(F)F)[c]ccc1OCC(F)(F)F. The molecule has 0 N–H and O–H groups in total. The number of benzene rings is 1. The zero-order valence-electron chi connectivity index (χ0n) is 9.60. The van der Waals surface area contributed by atoms with Gasteiger partial charge in [-0.15, -0.1) is 0 Å². The van der Waals surface area contributed by atoms with Crippen molar-refractivity contribution in [2.45, 2.75) is 12.4 Å². The predicted octanol–water partition coefficient (Wildman–Crippen LogP) is 3.24. The highest BCUT2D eigenvalue weighted by molar-refractivity contribution is 5.52. The molecule has 0 fully saturated rings. The molecule has 0 aromatic heterocycles. The molecule has 0 bridgehead atoms. The lowest BCUT2D eigenvalue weighted by Crippen LogP contribution is -2.21. The van der Waals surface area contributed by atoms with E-state index in [2.05, 4.69) is 15.5 Å². The monoisotopic (exact) mass is 298 g/mol. The van der Waals surface area contributed by atoms with Crippen LogP contribution in [0.2, 0.25) is 0 Å². The molecule has 9 heteroatoms. The molecule has 1 radical (unpaired) electrons. The second kappa shape index (κ2) is 5.90. The second-order valence-electron chi connectivity index (χ2n) is 3.47. The third-order valence-corrected chi connectivity index (χ3v) is 1.81. The van der Waals surface area contributed by atoms with Gasteiger partial charge in [-0.2, -0.15) is 31.6 Å². The van der Waals surface area contributed by atoms with Gasteiger partial charge < -0.3 is 9.47 Å². The highest BCUT2D eigenvalue weighted by Gasteiger charge is 2.31. The zero-order chi connectivity index (χ0) is 15.4. The number of rotatable bonds is 4. The first-order valence-corrected chi connectivity index (χ1v) is 4.96. The number of hydrogen-bond donors (Lipinski definition) is 0. The van der Waals surface area contributed by atoms with E-state index in [1.54, 1.807) is 0 Å². The molecule has 1 aromatic rings. The highest BCUT2D eigenvalue weighted by Crippen LogP contribution is 2.29. The molecule has 1 rings (SSSR count). The van der Waals surface area contributed by atoms with Crippen molar-refractivity contribution in [3.05, 3.63) is 23.8 Å². The Balaban J connectivity index is 2.90. The molecule has 0 saturated heterocycles. The zero-order valence-corrected chi connectivity index (χ0v) is 9.60. The highest BCUT2D eigenvalue weighted by atomic mass is 19.4. The number of nitriles is 1. The van der Waals surface area contributed by atoms with Gasteiger partial charge in [0.2, 0.25) is 0 Å². The van der Waals surface area contributed by atoms with Crippen LogP contribution >= 0.6 is 0 Å². The molecule has 0 aliphatic carbocycles. The van der Waals surface area contributed by atoms with Crippen LogP contribution in [0.25, 0.3) is 0 Å². The van der Waals surface area contributed by atoms with Crippen molar-refractivity contribution in [1.29, 1.82) is 5.26 Å². The second-order valence-corrected chi connectivity index (χ2v) is 3.47. The Morgan fingerprint density at radius 3 is 2.10 bits per heavy atom. The predicted molar refractivity (Wildman–Crippen MR) is 53.1 cm³/mol. The lowest BCUT2D eigenvalue weighted by molar-refractivity contribution is -0.154. The van der Waals surface area contributed by atoms with Crippen LogP contribution in [0.4, 0.5) is 26.3 Å². The van der Waals surface area contributed by atoms with Crippen LogP contribution in [0.5, 0.6) is 11.5 Å². The first-order chi connectivity index (χ1) is 9.12. The van der Waals surface area contributed by atoms with E-state index in [0.717, 1.165) is 12.1 Å². The minimum atomic E-state index is -4.65. The Hall–Kier alpha value is -2.11. The first kappa shape index (κ1) is 15.9. The summed E-state index contributed by atoms with van der Waals surface area (Å²) in [6.45, 7) is -3.37. The summed E-state index contributed by atoms with van der Waals surface area (Å²) in [5.74, 6) is -1.15. The van der Waals surface area contributed by atoms with E-state index in [0.29, 0.717) is 0 Å². The summed E-state index contributed by atoms with van der Waals surface area (Å²) >= 11 is 0. The summed E-state index contributed by atoms with van der Waals surface area (Å²) in [7, 11) is 0. The van der Waals surface area contributed by atoms with Crippen LogP contribution in [0.15, 0.2) is 12.1 Å². The van der Waals surface area contributed by atoms with Gasteiger partial charge in [-0.05, 0) is 12.1 Å². The fourth-order valence-electron chi connectivity index (χ4n) is 1.11. The van der Waals surface area contributed by atoms with Crippen molar-refractivity contribution in [2.24, 2.45) is 0 Å². The van der Waals surface area contributed by atoms with Gasteiger partial charge in [-0.25, -0.2) is 0 Å². The minimum Gasteiger partial charge on any atom is -0.483 e. The van der Waals surface area contributed by atoms with Gasteiger partial charge in [0.05, 0.1) is 0 Å². The molecule has 109 valence electrons. The van der Waals surface area contributed by atoms with Gasteiger partial charge >= 0.3 is 12.4 Å². The maximum absolute atomic E-state index is 12.0. The largest absolute Gasteiger partial charge is 0.483 e. The molecule has 0 amide bonds. The number of alkyl halides is 6. The molecule has 0 unspecified atom stereocenters. The normalized spacial score (nSPS) is 11.8. The van der Waals surface area contributed by atoms with E-state index in [9.17, 15) is 26.3 Å². The van der Waals surface area contributed by atoms with E-state index >= 15 is 0 Å². The summed E-state index contributed by atoms with van der Waals surface area (Å²) < 4.78 is 80.5. The lowest BCUT2D eigenvalue weighted by Gasteiger charge is -2.13. The molecule has 0 spiro atoms. The van der Waals surface area contributed by atoms with Gasteiger partial charge in [-0.3, -0.25) is 0 Å². The van der Waals surface area contributed by atoms with Crippen molar-refractivity contribution < 1.29 is 35.8 Å². The molecule has 0 atom stereocenters. The van der Waals surface area contributed by atoms with Crippen LogP contribution in [0, 0.1) is 17.4 Å². The summed E-state index contributed by atoms with van der Waals surface area (Å²) in [5, 5.41) is 8.77. The van der Waals surface area contributed by atoms with Crippen molar-refractivity contribution in [3.8, 4) is 17.6 Å². The van der Waals surface area contributed by atoms with Crippen molar-refractivity contribution in [2.75, 3.05) is 13.2 Å². The Bertz CT molecular complexity index is 467. The number of ether oxygens (including phenoxy) is 2. The smallest absolute Gasteiger partial charge is 0.422 e. The summed E-state index contributed by atoms with van der Waals surface area (Å²) in [6.07, 6.45) is -9.29. The summed E-state index contributed by atoms with van der Waals surface area (Å²) in [6, 6.07) is 5.59. The standard InChI is InChI=1S/C11H6F6NO2/c12-10(13,14)5-19-8-2-1-3-9(7(8)4-18)20-6-11(15,16)17/h1-2H,5-6H2. The van der Waals surface area contributed by atoms with Gasteiger partial charge in [0.1, 0.15) is 23.1 Å². The quantitative estimate of drug-likeness (QED) is 0.801. The molecule has 0 aliphatic heterocycles. The summed E-state index contributed by atoms with van der Waals surface area (Å²) in [5.41, 5.74) is -0.582. The average Bonchev–Trinajstić information content (AvgIpc) is 2.31. The maximum Gasteiger partial charge on any atom is 0.422 e. The van der Waals surface area contributed by atoms with Crippen LogP contribution < -0.4 is 9.47 Å². The Labute approximate surface area is 109 Å². The van der Waals surface area contributed by atoms with E-state index < -0.39 is 42.6 Å². The molecule has 0 aliphatic rings.